The second-order valence-electron chi connectivity index (χ2n) is 5.35. The van der Waals surface area contributed by atoms with Crippen LogP contribution in [0.25, 0.3) is 0 Å². The van der Waals surface area contributed by atoms with Crippen molar-refractivity contribution in [3.05, 3.63) is 34.3 Å². The van der Waals surface area contributed by atoms with Gasteiger partial charge in [-0.3, -0.25) is 0 Å². The highest BCUT2D eigenvalue weighted by Gasteiger charge is 2.37. The fourth-order valence-electron chi connectivity index (χ4n) is 2.79. The van der Waals surface area contributed by atoms with Gasteiger partial charge in [-0.15, -0.1) is 0 Å². The Morgan fingerprint density at radius 3 is 3.06 bits per heavy atom. The van der Waals surface area contributed by atoms with Crippen molar-refractivity contribution in [2.75, 3.05) is 26.3 Å². The standard InChI is InChI=1S/C15H22BrNO/c1-3-18-11-15(2)7-8-17-10-14(15)12-5-4-6-13(16)9-12/h4-6,9,14,17H,3,7-8,10-11H2,1-2H3. The third-order valence-electron chi connectivity index (χ3n) is 3.95. The van der Waals surface area contributed by atoms with E-state index in [9.17, 15) is 0 Å². The van der Waals surface area contributed by atoms with E-state index in [0.29, 0.717) is 5.92 Å². The first-order valence-electron chi connectivity index (χ1n) is 6.69. The van der Waals surface area contributed by atoms with E-state index >= 15 is 0 Å². The second kappa shape index (κ2) is 6.18. The SMILES string of the molecule is CCOCC1(C)CCNCC1c1cccc(Br)c1. The molecule has 2 nitrogen and oxygen atoms in total. The Labute approximate surface area is 118 Å². The van der Waals surface area contributed by atoms with Crippen molar-refractivity contribution in [3.63, 3.8) is 0 Å². The highest BCUT2D eigenvalue weighted by atomic mass is 79.9. The van der Waals surface area contributed by atoms with Gasteiger partial charge in [0.05, 0.1) is 6.61 Å². The zero-order valence-electron chi connectivity index (χ0n) is 11.2. The number of piperidine rings is 1. The van der Waals surface area contributed by atoms with Crippen LogP contribution in [-0.4, -0.2) is 26.3 Å². The molecule has 1 aliphatic heterocycles. The zero-order chi connectivity index (χ0) is 13.0. The van der Waals surface area contributed by atoms with Crippen molar-refractivity contribution in [2.24, 2.45) is 5.41 Å². The first kappa shape index (κ1) is 14.0. The van der Waals surface area contributed by atoms with Crippen molar-refractivity contribution in [1.29, 1.82) is 0 Å². The molecule has 1 heterocycles. The first-order valence-corrected chi connectivity index (χ1v) is 7.49. The number of hydrogen-bond donors (Lipinski definition) is 1. The van der Waals surface area contributed by atoms with E-state index in [4.69, 9.17) is 4.74 Å². The molecule has 0 amide bonds. The van der Waals surface area contributed by atoms with E-state index in [1.165, 1.54) is 12.0 Å². The molecule has 0 radical (unpaired) electrons. The van der Waals surface area contributed by atoms with E-state index < -0.39 is 0 Å². The fourth-order valence-corrected chi connectivity index (χ4v) is 3.21. The maximum atomic E-state index is 5.72. The maximum Gasteiger partial charge on any atom is 0.0526 e. The molecule has 0 aromatic heterocycles. The van der Waals surface area contributed by atoms with E-state index in [0.717, 1.165) is 30.8 Å². The predicted molar refractivity (Wildman–Crippen MR) is 79.0 cm³/mol. The summed E-state index contributed by atoms with van der Waals surface area (Å²) >= 11 is 3.57. The van der Waals surface area contributed by atoms with Gasteiger partial charge in [0.15, 0.2) is 0 Å². The summed E-state index contributed by atoms with van der Waals surface area (Å²) < 4.78 is 6.88. The summed E-state index contributed by atoms with van der Waals surface area (Å²) in [4.78, 5) is 0. The highest BCUT2D eigenvalue weighted by molar-refractivity contribution is 9.10. The van der Waals surface area contributed by atoms with Gasteiger partial charge >= 0.3 is 0 Å². The lowest BCUT2D eigenvalue weighted by Crippen LogP contribution is -2.44. The lowest BCUT2D eigenvalue weighted by Gasteiger charge is -2.42. The number of nitrogens with one attached hydrogen (secondary N) is 1. The summed E-state index contributed by atoms with van der Waals surface area (Å²) in [5.41, 5.74) is 1.64. The minimum atomic E-state index is 0.238. The molecule has 1 N–H and O–H groups in total. The summed E-state index contributed by atoms with van der Waals surface area (Å²) in [6.07, 6.45) is 1.17. The summed E-state index contributed by atoms with van der Waals surface area (Å²) in [7, 11) is 0. The molecule has 2 atom stereocenters. The molecule has 1 fully saturated rings. The minimum Gasteiger partial charge on any atom is -0.381 e. The van der Waals surface area contributed by atoms with Gasteiger partial charge in [-0.2, -0.15) is 0 Å². The summed E-state index contributed by atoms with van der Waals surface area (Å²) in [6.45, 7) is 8.21. The Balaban J connectivity index is 2.22. The number of hydrogen-bond acceptors (Lipinski definition) is 2. The molecule has 1 saturated heterocycles. The summed E-state index contributed by atoms with van der Waals surface area (Å²) in [6, 6.07) is 8.67. The van der Waals surface area contributed by atoms with Crippen LogP contribution in [0, 0.1) is 5.41 Å². The van der Waals surface area contributed by atoms with Gasteiger partial charge in [-0.1, -0.05) is 35.0 Å². The Hall–Kier alpha value is -0.380. The Kier molecular flexibility index (Phi) is 4.82. The van der Waals surface area contributed by atoms with Crippen molar-refractivity contribution in [3.8, 4) is 0 Å². The highest BCUT2D eigenvalue weighted by Crippen LogP contribution is 2.41. The summed E-state index contributed by atoms with van der Waals surface area (Å²) in [5.74, 6) is 0.523. The van der Waals surface area contributed by atoms with Gasteiger partial charge in [-0.25, -0.2) is 0 Å². The van der Waals surface area contributed by atoms with Crippen molar-refractivity contribution < 1.29 is 4.74 Å². The van der Waals surface area contributed by atoms with E-state index in [2.05, 4.69) is 59.4 Å². The van der Waals surface area contributed by atoms with Crippen LogP contribution in [0.4, 0.5) is 0 Å². The van der Waals surface area contributed by atoms with E-state index in [1.807, 2.05) is 0 Å². The molecule has 1 aliphatic rings. The van der Waals surface area contributed by atoms with Crippen LogP contribution in [0.2, 0.25) is 0 Å². The van der Waals surface area contributed by atoms with Crippen LogP contribution in [0.5, 0.6) is 0 Å². The van der Waals surface area contributed by atoms with Crippen molar-refractivity contribution >= 4 is 15.9 Å². The average Bonchev–Trinajstić information content (AvgIpc) is 2.37. The molecule has 0 bridgehead atoms. The maximum absolute atomic E-state index is 5.72. The normalized spacial score (nSPS) is 28.3. The lowest BCUT2D eigenvalue weighted by atomic mass is 9.70. The number of benzene rings is 1. The van der Waals surface area contributed by atoms with E-state index in [1.54, 1.807) is 0 Å². The Morgan fingerprint density at radius 1 is 1.50 bits per heavy atom. The monoisotopic (exact) mass is 311 g/mol. The third kappa shape index (κ3) is 3.14. The van der Waals surface area contributed by atoms with Gasteiger partial charge < -0.3 is 10.1 Å². The fraction of sp³-hybridized carbons (Fsp3) is 0.600. The number of rotatable bonds is 4. The predicted octanol–water partition coefficient (Wildman–Crippen LogP) is 3.57. The molecule has 0 saturated carbocycles. The molecule has 0 spiro atoms. The second-order valence-corrected chi connectivity index (χ2v) is 6.27. The zero-order valence-corrected chi connectivity index (χ0v) is 12.8. The topological polar surface area (TPSA) is 21.3 Å². The molecule has 1 aromatic rings. The van der Waals surface area contributed by atoms with Crippen LogP contribution in [0.3, 0.4) is 0 Å². The molecule has 100 valence electrons. The Bertz CT molecular complexity index is 396. The van der Waals surface area contributed by atoms with Gasteiger partial charge in [0.25, 0.3) is 0 Å². The first-order chi connectivity index (χ1) is 8.65. The van der Waals surface area contributed by atoms with Crippen molar-refractivity contribution in [2.45, 2.75) is 26.2 Å². The third-order valence-corrected chi connectivity index (χ3v) is 4.44. The Morgan fingerprint density at radius 2 is 2.33 bits per heavy atom. The molecular weight excluding hydrogens is 290 g/mol. The largest absolute Gasteiger partial charge is 0.381 e. The van der Waals surface area contributed by atoms with Crippen LogP contribution < -0.4 is 5.32 Å². The molecular formula is C15H22BrNO. The average molecular weight is 312 g/mol. The van der Waals surface area contributed by atoms with Gasteiger partial charge in [0, 0.05) is 29.0 Å². The lowest BCUT2D eigenvalue weighted by molar-refractivity contribution is 0.0278. The van der Waals surface area contributed by atoms with Gasteiger partial charge in [-0.05, 0) is 37.6 Å². The molecule has 18 heavy (non-hydrogen) atoms. The van der Waals surface area contributed by atoms with Gasteiger partial charge in [0.1, 0.15) is 0 Å². The van der Waals surface area contributed by atoms with Crippen LogP contribution in [0.1, 0.15) is 31.7 Å². The molecule has 2 unspecified atom stereocenters. The van der Waals surface area contributed by atoms with Crippen LogP contribution in [0.15, 0.2) is 28.7 Å². The van der Waals surface area contributed by atoms with Crippen molar-refractivity contribution in [1.82, 2.24) is 5.32 Å². The molecule has 2 rings (SSSR count). The van der Waals surface area contributed by atoms with Crippen LogP contribution >= 0.6 is 15.9 Å². The minimum absolute atomic E-state index is 0.238. The quantitative estimate of drug-likeness (QED) is 0.918. The van der Waals surface area contributed by atoms with E-state index in [-0.39, 0.29) is 5.41 Å². The molecule has 1 aromatic carbocycles. The smallest absolute Gasteiger partial charge is 0.0526 e. The number of ether oxygens (including phenoxy) is 1. The molecule has 0 aliphatic carbocycles. The van der Waals surface area contributed by atoms with Crippen LogP contribution in [-0.2, 0) is 4.74 Å². The summed E-state index contributed by atoms with van der Waals surface area (Å²) in [5, 5.41) is 3.51. The van der Waals surface area contributed by atoms with Gasteiger partial charge in [0.2, 0.25) is 0 Å². The number of halogens is 1. The molecule has 3 heteroatoms.